The number of aromatic amines is 1. The fourth-order valence-corrected chi connectivity index (χ4v) is 4.11. The predicted molar refractivity (Wildman–Crippen MR) is 114 cm³/mol. The minimum absolute atomic E-state index is 0.0226. The Labute approximate surface area is 174 Å². The molecule has 0 atom stereocenters. The van der Waals surface area contributed by atoms with Crippen LogP contribution in [-0.2, 0) is 9.53 Å². The van der Waals surface area contributed by atoms with Crippen LogP contribution in [-0.4, -0.2) is 34.2 Å². The number of ether oxygens (including phenoxy) is 1. The third-order valence-corrected chi connectivity index (χ3v) is 5.64. The van der Waals surface area contributed by atoms with Gasteiger partial charge in [0.25, 0.3) is 5.56 Å². The SMILES string of the molecule is CCOC(=O)c1sc(-c2ccccc2)cc1NC(=O)CSc1nc(N)cc(=O)[nH]1. The molecule has 2 aromatic heterocycles. The van der Waals surface area contributed by atoms with Crippen LogP contribution in [0.15, 0.2) is 52.4 Å². The van der Waals surface area contributed by atoms with Crippen molar-refractivity contribution >= 4 is 46.5 Å². The van der Waals surface area contributed by atoms with Crippen molar-refractivity contribution in [3.05, 3.63) is 57.7 Å². The average Bonchev–Trinajstić information content (AvgIpc) is 3.10. The highest BCUT2D eigenvalue weighted by Crippen LogP contribution is 2.35. The van der Waals surface area contributed by atoms with Crippen LogP contribution in [0.1, 0.15) is 16.6 Å². The number of hydrogen-bond acceptors (Lipinski definition) is 8. The van der Waals surface area contributed by atoms with Gasteiger partial charge in [-0.05, 0) is 18.6 Å². The van der Waals surface area contributed by atoms with Crippen molar-refractivity contribution in [2.24, 2.45) is 0 Å². The lowest BCUT2D eigenvalue weighted by Gasteiger charge is -2.06. The molecular formula is C19H18N4O4S2. The Morgan fingerprint density at radius 1 is 1.28 bits per heavy atom. The molecule has 3 aromatic rings. The third kappa shape index (κ3) is 5.46. The van der Waals surface area contributed by atoms with Crippen LogP contribution in [0.5, 0.6) is 0 Å². The molecule has 0 bridgehead atoms. The van der Waals surface area contributed by atoms with E-state index in [2.05, 4.69) is 15.3 Å². The highest BCUT2D eigenvalue weighted by Gasteiger charge is 2.20. The van der Waals surface area contributed by atoms with Crippen LogP contribution in [0.2, 0.25) is 0 Å². The van der Waals surface area contributed by atoms with Gasteiger partial charge in [0.2, 0.25) is 5.91 Å². The lowest BCUT2D eigenvalue weighted by molar-refractivity contribution is -0.113. The first kappa shape index (κ1) is 20.6. The number of carbonyl (C=O) groups is 2. The van der Waals surface area contributed by atoms with Crippen molar-refractivity contribution in [2.45, 2.75) is 12.1 Å². The van der Waals surface area contributed by atoms with Gasteiger partial charge in [-0.3, -0.25) is 9.59 Å². The second-order valence-electron chi connectivity index (χ2n) is 5.75. The van der Waals surface area contributed by atoms with Crippen LogP contribution in [0.25, 0.3) is 10.4 Å². The standard InChI is InChI=1S/C19H18N4O4S2/c1-2-27-18(26)17-12(8-13(29-17)11-6-4-3-5-7-11)21-16(25)10-28-19-22-14(20)9-15(24)23-19/h3-9H,2,10H2,1H3,(H,21,25)(H3,20,22,23,24). The zero-order valence-corrected chi connectivity index (χ0v) is 17.1. The van der Waals surface area contributed by atoms with E-state index < -0.39 is 11.5 Å². The molecule has 0 spiro atoms. The number of anilines is 2. The first-order valence-electron chi connectivity index (χ1n) is 8.62. The number of nitrogens with two attached hydrogens (primary N) is 1. The molecule has 0 aliphatic rings. The Hall–Kier alpha value is -3.11. The van der Waals surface area contributed by atoms with Crippen LogP contribution >= 0.6 is 23.1 Å². The van der Waals surface area contributed by atoms with E-state index in [-0.39, 0.29) is 29.2 Å². The maximum absolute atomic E-state index is 12.4. The van der Waals surface area contributed by atoms with Gasteiger partial charge in [-0.25, -0.2) is 9.78 Å². The lowest BCUT2D eigenvalue weighted by atomic mass is 10.2. The van der Waals surface area contributed by atoms with Crippen molar-refractivity contribution < 1.29 is 14.3 Å². The summed E-state index contributed by atoms with van der Waals surface area (Å²) in [7, 11) is 0. The topological polar surface area (TPSA) is 127 Å². The summed E-state index contributed by atoms with van der Waals surface area (Å²) in [5.74, 6) is -0.801. The van der Waals surface area contributed by atoms with Gasteiger partial charge in [0.05, 0.1) is 18.0 Å². The third-order valence-electron chi connectivity index (χ3n) is 3.61. The molecule has 1 amide bonds. The van der Waals surface area contributed by atoms with Crippen molar-refractivity contribution in [1.82, 2.24) is 9.97 Å². The molecule has 3 rings (SSSR count). The van der Waals surface area contributed by atoms with Gasteiger partial charge in [-0.2, -0.15) is 0 Å². The number of nitrogens with one attached hydrogen (secondary N) is 2. The number of benzene rings is 1. The van der Waals surface area contributed by atoms with E-state index in [0.717, 1.165) is 28.3 Å². The molecule has 150 valence electrons. The molecule has 0 fully saturated rings. The van der Waals surface area contributed by atoms with Gasteiger partial charge in [0, 0.05) is 10.9 Å². The molecule has 0 radical (unpaired) electrons. The first-order chi connectivity index (χ1) is 14.0. The fraction of sp³-hybridized carbons (Fsp3) is 0.158. The average molecular weight is 431 g/mol. The number of nitrogens with zero attached hydrogens (tertiary/aromatic N) is 1. The quantitative estimate of drug-likeness (QED) is 0.299. The number of H-pyrrole nitrogens is 1. The Bertz CT molecular complexity index is 1080. The van der Waals surface area contributed by atoms with Gasteiger partial charge >= 0.3 is 5.97 Å². The molecule has 0 saturated heterocycles. The number of rotatable bonds is 7. The van der Waals surface area contributed by atoms with E-state index in [1.54, 1.807) is 13.0 Å². The number of thioether (sulfide) groups is 1. The number of amides is 1. The van der Waals surface area contributed by atoms with Crippen LogP contribution < -0.4 is 16.6 Å². The summed E-state index contributed by atoms with van der Waals surface area (Å²) < 4.78 is 5.11. The van der Waals surface area contributed by atoms with Gasteiger partial charge in [0.15, 0.2) is 5.16 Å². The molecule has 2 heterocycles. The van der Waals surface area contributed by atoms with Crippen molar-refractivity contribution in [3.8, 4) is 10.4 Å². The summed E-state index contributed by atoms with van der Waals surface area (Å²) in [6.45, 7) is 1.95. The fourth-order valence-electron chi connectivity index (χ4n) is 2.42. The van der Waals surface area contributed by atoms with Crippen LogP contribution in [0.4, 0.5) is 11.5 Å². The summed E-state index contributed by atoms with van der Waals surface area (Å²) in [6.07, 6.45) is 0. The molecule has 0 aliphatic carbocycles. The predicted octanol–water partition coefficient (Wildman–Crippen LogP) is 2.99. The maximum atomic E-state index is 12.4. The van der Waals surface area contributed by atoms with E-state index in [1.807, 2.05) is 30.3 Å². The van der Waals surface area contributed by atoms with E-state index >= 15 is 0 Å². The minimum atomic E-state index is -0.496. The zero-order chi connectivity index (χ0) is 20.8. The molecule has 8 nitrogen and oxygen atoms in total. The molecule has 4 N–H and O–H groups in total. The summed E-state index contributed by atoms with van der Waals surface area (Å²) in [5, 5.41) is 2.98. The van der Waals surface area contributed by atoms with Crippen molar-refractivity contribution in [1.29, 1.82) is 0 Å². The minimum Gasteiger partial charge on any atom is -0.462 e. The molecule has 0 saturated carbocycles. The highest BCUT2D eigenvalue weighted by atomic mass is 32.2. The number of hydrogen-bond donors (Lipinski definition) is 3. The van der Waals surface area contributed by atoms with Gasteiger partial charge < -0.3 is 20.8 Å². The lowest BCUT2D eigenvalue weighted by Crippen LogP contribution is -2.17. The zero-order valence-electron chi connectivity index (χ0n) is 15.4. The summed E-state index contributed by atoms with van der Waals surface area (Å²) in [5.41, 5.74) is 6.45. The Morgan fingerprint density at radius 3 is 2.72 bits per heavy atom. The number of nitrogen functional groups attached to an aromatic ring is 1. The van der Waals surface area contributed by atoms with E-state index in [1.165, 1.54) is 11.3 Å². The Kier molecular flexibility index (Phi) is 6.68. The van der Waals surface area contributed by atoms with E-state index in [4.69, 9.17) is 10.5 Å². The normalized spacial score (nSPS) is 10.5. The first-order valence-corrected chi connectivity index (χ1v) is 10.4. The van der Waals surface area contributed by atoms with E-state index in [0.29, 0.717) is 10.6 Å². The summed E-state index contributed by atoms with van der Waals surface area (Å²) in [4.78, 5) is 43.8. The van der Waals surface area contributed by atoms with Crippen LogP contribution in [0, 0.1) is 0 Å². The molecule has 0 unspecified atom stereocenters. The second-order valence-corrected chi connectivity index (χ2v) is 7.77. The molecule has 29 heavy (non-hydrogen) atoms. The number of aromatic nitrogens is 2. The van der Waals surface area contributed by atoms with Gasteiger partial charge in [0.1, 0.15) is 10.7 Å². The van der Waals surface area contributed by atoms with Gasteiger partial charge in [-0.15, -0.1) is 11.3 Å². The molecule has 10 heteroatoms. The molecule has 1 aromatic carbocycles. The second kappa shape index (κ2) is 9.39. The van der Waals surface area contributed by atoms with E-state index in [9.17, 15) is 14.4 Å². The number of thiophene rings is 1. The van der Waals surface area contributed by atoms with Gasteiger partial charge in [-0.1, -0.05) is 42.1 Å². The van der Waals surface area contributed by atoms with Crippen LogP contribution in [0.3, 0.4) is 0 Å². The monoisotopic (exact) mass is 430 g/mol. The van der Waals surface area contributed by atoms with Crippen molar-refractivity contribution in [3.63, 3.8) is 0 Å². The number of carbonyl (C=O) groups excluding carboxylic acids is 2. The highest BCUT2D eigenvalue weighted by molar-refractivity contribution is 7.99. The maximum Gasteiger partial charge on any atom is 0.350 e. The largest absolute Gasteiger partial charge is 0.462 e. The number of esters is 1. The smallest absolute Gasteiger partial charge is 0.350 e. The Morgan fingerprint density at radius 2 is 2.03 bits per heavy atom. The molecule has 0 aliphatic heterocycles. The molecular weight excluding hydrogens is 412 g/mol. The summed E-state index contributed by atoms with van der Waals surface area (Å²) in [6, 6.07) is 12.4. The Balaban J connectivity index is 1.77. The van der Waals surface area contributed by atoms with Crippen molar-refractivity contribution in [2.75, 3.05) is 23.4 Å². The summed E-state index contributed by atoms with van der Waals surface area (Å²) >= 11 is 2.28.